The molecule has 0 aliphatic carbocycles. The highest BCUT2D eigenvalue weighted by Gasteiger charge is 2.24. The standard InChI is InChI=1S/C14H19N3O2.2ClH/c1-19-11-2-3-12(14(18)10-11)13(4-5-15)17-8-6-16-7-9-17;;/h2-3,10,13,16,18H,4,6-9H2,1H3;2*1H/t13-;;/m1../s1. The number of benzene rings is 1. The number of phenolic OH excluding ortho intramolecular Hbond substituents is 1. The summed E-state index contributed by atoms with van der Waals surface area (Å²) in [7, 11) is 1.57. The van der Waals surface area contributed by atoms with Gasteiger partial charge < -0.3 is 15.2 Å². The number of hydrogen-bond donors (Lipinski definition) is 2. The van der Waals surface area contributed by atoms with E-state index in [9.17, 15) is 5.11 Å². The lowest BCUT2D eigenvalue weighted by atomic mass is 10.0. The molecule has 1 saturated heterocycles. The molecule has 5 nitrogen and oxygen atoms in total. The highest BCUT2D eigenvalue weighted by Crippen LogP contribution is 2.33. The maximum absolute atomic E-state index is 10.1. The minimum atomic E-state index is -0.0574. The summed E-state index contributed by atoms with van der Waals surface area (Å²) in [6, 6.07) is 7.42. The molecule has 0 amide bonds. The normalized spacial score (nSPS) is 16.0. The molecule has 0 radical (unpaired) electrons. The monoisotopic (exact) mass is 333 g/mol. The van der Waals surface area contributed by atoms with E-state index in [0.717, 1.165) is 31.7 Å². The van der Waals surface area contributed by atoms with Gasteiger partial charge in [0.25, 0.3) is 0 Å². The number of ether oxygens (including phenoxy) is 1. The third-order valence-corrected chi connectivity index (χ3v) is 3.47. The molecule has 118 valence electrons. The van der Waals surface area contributed by atoms with Crippen LogP contribution in [0.15, 0.2) is 18.2 Å². The van der Waals surface area contributed by atoms with Crippen molar-refractivity contribution in [2.45, 2.75) is 12.5 Å². The van der Waals surface area contributed by atoms with Crippen molar-refractivity contribution < 1.29 is 9.84 Å². The minimum absolute atomic E-state index is 0. The summed E-state index contributed by atoms with van der Waals surface area (Å²) >= 11 is 0. The summed E-state index contributed by atoms with van der Waals surface area (Å²) in [6.07, 6.45) is 0.375. The fraction of sp³-hybridized carbons (Fsp3) is 0.500. The molecule has 0 saturated carbocycles. The van der Waals surface area contributed by atoms with Gasteiger partial charge in [0.2, 0.25) is 0 Å². The molecule has 1 aliphatic heterocycles. The average Bonchev–Trinajstić information content (AvgIpc) is 2.46. The van der Waals surface area contributed by atoms with Crippen LogP contribution in [-0.4, -0.2) is 43.3 Å². The van der Waals surface area contributed by atoms with Crippen LogP contribution in [0.2, 0.25) is 0 Å². The Morgan fingerprint density at radius 2 is 2.05 bits per heavy atom. The second-order valence-corrected chi connectivity index (χ2v) is 4.59. The molecular weight excluding hydrogens is 313 g/mol. The summed E-state index contributed by atoms with van der Waals surface area (Å²) in [5.41, 5.74) is 0.796. The Labute approximate surface area is 137 Å². The zero-order valence-corrected chi connectivity index (χ0v) is 13.5. The van der Waals surface area contributed by atoms with E-state index in [1.165, 1.54) is 0 Å². The topological polar surface area (TPSA) is 68.5 Å². The summed E-state index contributed by atoms with van der Waals surface area (Å²) in [5.74, 6) is 0.815. The quantitative estimate of drug-likeness (QED) is 0.883. The predicted molar refractivity (Wildman–Crippen MR) is 86.6 cm³/mol. The van der Waals surface area contributed by atoms with E-state index in [-0.39, 0.29) is 36.6 Å². The Bertz CT molecular complexity index is 474. The van der Waals surface area contributed by atoms with Crippen molar-refractivity contribution in [3.05, 3.63) is 23.8 Å². The molecule has 21 heavy (non-hydrogen) atoms. The maximum Gasteiger partial charge on any atom is 0.124 e. The van der Waals surface area contributed by atoms with E-state index in [1.807, 2.05) is 12.1 Å². The molecule has 1 aliphatic rings. The smallest absolute Gasteiger partial charge is 0.124 e. The van der Waals surface area contributed by atoms with Gasteiger partial charge >= 0.3 is 0 Å². The molecule has 1 atom stereocenters. The van der Waals surface area contributed by atoms with Crippen molar-refractivity contribution in [2.75, 3.05) is 33.3 Å². The third kappa shape index (κ3) is 4.94. The van der Waals surface area contributed by atoms with Gasteiger partial charge in [-0.1, -0.05) is 6.07 Å². The number of piperazine rings is 1. The molecule has 7 heteroatoms. The Balaban J connectivity index is 0.00000200. The lowest BCUT2D eigenvalue weighted by molar-refractivity contribution is 0.173. The van der Waals surface area contributed by atoms with Crippen molar-refractivity contribution in [1.29, 1.82) is 5.26 Å². The number of hydrogen-bond acceptors (Lipinski definition) is 5. The molecule has 1 fully saturated rings. The van der Waals surface area contributed by atoms with Gasteiger partial charge in [-0.15, -0.1) is 24.8 Å². The number of nitriles is 1. The predicted octanol–water partition coefficient (Wildman–Crippen LogP) is 2.10. The Morgan fingerprint density at radius 3 is 2.57 bits per heavy atom. The van der Waals surface area contributed by atoms with Gasteiger partial charge in [-0.2, -0.15) is 5.26 Å². The van der Waals surface area contributed by atoms with Gasteiger partial charge in [0, 0.05) is 37.8 Å². The van der Waals surface area contributed by atoms with E-state index in [0.29, 0.717) is 12.2 Å². The number of aromatic hydroxyl groups is 1. The van der Waals surface area contributed by atoms with Crippen molar-refractivity contribution in [3.63, 3.8) is 0 Å². The minimum Gasteiger partial charge on any atom is -0.507 e. The summed E-state index contributed by atoms with van der Waals surface area (Å²) in [6.45, 7) is 3.60. The van der Waals surface area contributed by atoms with Gasteiger partial charge in [0.05, 0.1) is 25.6 Å². The number of nitrogens with zero attached hydrogens (tertiary/aromatic N) is 2. The molecule has 1 aromatic rings. The number of halogens is 2. The molecule has 0 aromatic heterocycles. The van der Waals surface area contributed by atoms with Crippen LogP contribution < -0.4 is 10.1 Å². The highest BCUT2D eigenvalue weighted by atomic mass is 35.5. The van der Waals surface area contributed by atoms with Crippen LogP contribution in [0.3, 0.4) is 0 Å². The fourth-order valence-electron chi connectivity index (χ4n) is 2.45. The number of rotatable bonds is 4. The van der Waals surface area contributed by atoms with Gasteiger partial charge in [-0.3, -0.25) is 4.90 Å². The zero-order valence-electron chi connectivity index (χ0n) is 11.9. The SMILES string of the molecule is COc1ccc([C@@H](CC#N)N2CCNCC2)c(O)c1.Cl.Cl. The molecule has 2 N–H and O–H groups in total. The Kier molecular flexibility index (Phi) is 9.14. The molecule has 1 aromatic carbocycles. The molecule has 1 heterocycles. The maximum atomic E-state index is 10.1. The van der Waals surface area contributed by atoms with Gasteiger partial charge in [-0.25, -0.2) is 0 Å². The van der Waals surface area contributed by atoms with Crippen molar-refractivity contribution in [1.82, 2.24) is 10.2 Å². The van der Waals surface area contributed by atoms with Crippen LogP contribution in [0.25, 0.3) is 0 Å². The van der Waals surface area contributed by atoms with Gasteiger partial charge in [0.1, 0.15) is 11.5 Å². The lowest BCUT2D eigenvalue weighted by Gasteiger charge is -2.34. The molecule has 0 unspecified atom stereocenters. The van der Waals surface area contributed by atoms with E-state index in [2.05, 4.69) is 16.3 Å². The first kappa shape index (κ1) is 19.8. The lowest BCUT2D eigenvalue weighted by Crippen LogP contribution is -2.45. The zero-order chi connectivity index (χ0) is 13.7. The van der Waals surface area contributed by atoms with E-state index < -0.39 is 0 Å². The average molecular weight is 334 g/mol. The molecule has 0 bridgehead atoms. The molecular formula is C14H21Cl2N3O2. The summed E-state index contributed by atoms with van der Waals surface area (Å²) in [4.78, 5) is 2.24. The van der Waals surface area contributed by atoms with Gasteiger partial charge in [0.15, 0.2) is 0 Å². The Morgan fingerprint density at radius 1 is 1.38 bits per heavy atom. The number of nitrogens with one attached hydrogen (secondary N) is 1. The Hall–Kier alpha value is -1.19. The number of phenols is 1. The third-order valence-electron chi connectivity index (χ3n) is 3.47. The van der Waals surface area contributed by atoms with Crippen LogP contribution in [0, 0.1) is 11.3 Å². The van der Waals surface area contributed by atoms with E-state index in [1.54, 1.807) is 13.2 Å². The largest absolute Gasteiger partial charge is 0.507 e. The van der Waals surface area contributed by atoms with Crippen LogP contribution in [-0.2, 0) is 0 Å². The number of methoxy groups -OCH3 is 1. The first-order valence-corrected chi connectivity index (χ1v) is 6.45. The summed E-state index contributed by atoms with van der Waals surface area (Å²) in [5, 5.41) is 22.4. The van der Waals surface area contributed by atoms with E-state index >= 15 is 0 Å². The molecule has 0 spiro atoms. The van der Waals surface area contributed by atoms with Crippen LogP contribution >= 0.6 is 24.8 Å². The van der Waals surface area contributed by atoms with Crippen LogP contribution in [0.4, 0.5) is 0 Å². The highest BCUT2D eigenvalue weighted by molar-refractivity contribution is 5.85. The first-order chi connectivity index (χ1) is 9.26. The van der Waals surface area contributed by atoms with E-state index in [4.69, 9.17) is 10.00 Å². The van der Waals surface area contributed by atoms with Crippen molar-refractivity contribution >= 4 is 24.8 Å². The summed E-state index contributed by atoms with van der Waals surface area (Å²) < 4.78 is 5.09. The second kappa shape index (κ2) is 9.69. The second-order valence-electron chi connectivity index (χ2n) is 4.59. The van der Waals surface area contributed by atoms with Crippen molar-refractivity contribution in [3.8, 4) is 17.6 Å². The van der Waals surface area contributed by atoms with Gasteiger partial charge in [-0.05, 0) is 6.07 Å². The van der Waals surface area contributed by atoms with Crippen molar-refractivity contribution in [2.24, 2.45) is 0 Å². The van der Waals surface area contributed by atoms with Crippen LogP contribution in [0.1, 0.15) is 18.0 Å². The fourth-order valence-corrected chi connectivity index (χ4v) is 2.45. The molecule has 2 rings (SSSR count). The van der Waals surface area contributed by atoms with Crippen LogP contribution in [0.5, 0.6) is 11.5 Å². The first-order valence-electron chi connectivity index (χ1n) is 6.45.